The van der Waals surface area contributed by atoms with Crippen LogP contribution in [0.5, 0.6) is 0 Å². The van der Waals surface area contributed by atoms with E-state index >= 15 is 0 Å². The van der Waals surface area contributed by atoms with Crippen molar-refractivity contribution in [3.05, 3.63) is 45.7 Å². The van der Waals surface area contributed by atoms with Gasteiger partial charge in [0.05, 0.1) is 16.9 Å². The topological polar surface area (TPSA) is 55.1 Å². The van der Waals surface area contributed by atoms with Crippen molar-refractivity contribution in [1.82, 2.24) is 9.78 Å². The van der Waals surface area contributed by atoms with Gasteiger partial charge in [-0.3, -0.25) is 0 Å². The summed E-state index contributed by atoms with van der Waals surface area (Å²) in [5.41, 5.74) is 2.55. The molecule has 0 aliphatic carbocycles. The Kier molecular flexibility index (Phi) is 3.02. The number of carboxylic acids is 1. The Bertz CT molecular complexity index is 590. The second kappa shape index (κ2) is 4.33. The summed E-state index contributed by atoms with van der Waals surface area (Å²) in [6.45, 7) is 3.77. The molecular formula is C12H11BrN2O2. The molecule has 5 heteroatoms. The molecule has 0 atom stereocenters. The summed E-state index contributed by atoms with van der Waals surface area (Å²) in [6, 6.07) is 7.15. The molecule has 2 aromatic rings. The smallest absolute Gasteiger partial charge is 0.339 e. The van der Waals surface area contributed by atoms with Crippen LogP contribution in [-0.4, -0.2) is 20.9 Å². The molecule has 4 nitrogen and oxygen atoms in total. The van der Waals surface area contributed by atoms with Gasteiger partial charge in [-0.25, -0.2) is 9.48 Å². The molecule has 0 bridgehead atoms. The van der Waals surface area contributed by atoms with Crippen molar-refractivity contribution in [2.24, 2.45) is 0 Å². The average Bonchev–Trinajstić information content (AvgIpc) is 2.56. The molecule has 1 N–H and O–H groups in total. The number of rotatable bonds is 2. The van der Waals surface area contributed by atoms with Gasteiger partial charge in [-0.15, -0.1) is 0 Å². The number of benzene rings is 1. The molecular weight excluding hydrogens is 284 g/mol. The van der Waals surface area contributed by atoms with Crippen LogP contribution in [0.1, 0.15) is 21.7 Å². The minimum absolute atomic E-state index is 0.221. The molecule has 0 spiro atoms. The Hall–Kier alpha value is -1.62. The van der Waals surface area contributed by atoms with Crippen molar-refractivity contribution in [1.29, 1.82) is 0 Å². The van der Waals surface area contributed by atoms with E-state index < -0.39 is 5.97 Å². The van der Waals surface area contributed by atoms with Gasteiger partial charge in [-0.2, -0.15) is 5.10 Å². The molecule has 1 aromatic carbocycles. The first-order valence-electron chi connectivity index (χ1n) is 5.06. The molecule has 0 fully saturated rings. The molecule has 0 unspecified atom stereocenters. The lowest BCUT2D eigenvalue weighted by Crippen LogP contribution is -2.08. The SMILES string of the molecule is Cc1cc(C)n(-c2cccc(Br)c2C(=O)O)n1. The fourth-order valence-electron chi connectivity index (χ4n) is 1.77. The monoisotopic (exact) mass is 294 g/mol. The van der Waals surface area contributed by atoms with Gasteiger partial charge in [-0.05, 0) is 48.0 Å². The third-order valence-electron chi connectivity index (χ3n) is 2.44. The van der Waals surface area contributed by atoms with E-state index in [0.29, 0.717) is 10.2 Å². The van der Waals surface area contributed by atoms with E-state index in [1.165, 1.54) is 0 Å². The first-order chi connectivity index (χ1) is 8.00. The highest BCUT2D eigenvalue weighted by Gasteiger charge is 2.17. The minimum atomic E-state index is -0.972. The molecule has 0 saturated heterocycles. The normalized spacial score (nSPS) is 10.5. The zero-order valence-electron chi connectivity index (χ0n) is 9.44. The van der Waals surface area contributed by atoms with Crippen molar-refractivity contribution in [2.75, 3.05) is 0 Å². The van der Waals surface area contributed by atoms with Gasteiger partial charge < -0.3 is 5.11 Å². The number of carbonyl (C=O) groups is 1. The first-order valence-corrected chi connectivity index (χ1v) is 5.85. The summed E-state index contributed by atoms with van der Waals surface area (Å²) in [6.07, 6.45) is 0. The van der Waals surface area contributed by atoms with E-state index in [2.05, 4.69) is 21.0 Å². The predicted octanol–water partition coefficient (Wildman–Crippen LogP) is 2.95. The third kappa shape index (κ3) is 2.10. The molecule has 0 amide bonds. The van der Waals surface area contributed by atoms with Crippen LogP contribution in [-0.2, 0) is 0 Å². The van der Waals surface area contributed by atoms with Crippen LogP contribution in [0.4, 0.5) is 0 Å². The first kappa shape index (κ1) is 11.9. The van der Waals surface area contributed by atoms with E-state index in [1.807, 2.05) is 19.9 Å². The number of hydrogen-bond donors (Lipinski definition) is 1. The van der Waals surface area contributed by atoms with Crippen LogP contribution >= 0.6 is 15.9 Å². The number of halogens is 1. The lowest BCUT2D eigenvalue weighted by molar-refractivity contribution is 0.0695. The summed E-state index contributed by atoms with van der Waals surface area (Å²) < 4.78 is 2.19. The van der Waals surface area contributed by atoms with Gasteiger partial charge in [0.1, 0.15) is 0 Å². The lowest BCUT2D eigenvalue weighted by atomic mass is 10.2. The Morgan fingerprint density at radius 3 is 2.65 bits per heavy atom. The highest BCUT2D eigenvalue weighted by atomic mass is 79.9. The van der Waals surface area contributed by atoms with Crippen LogP contribution in [0.2, 0.25) is 0 Å². The number of nitrogens with zero attached hydrogens (tertiary/aromatic N) is 2. The van der Waals surface area contributed by atoms with E-state index in [0.717, 1.165) is 11.4 Å². The molecule has 88 valence electrons. The molecule has 0 aliphatic heterocycles. The van der Waals surface area contributed by atoms with Gasteiger partial charge in [0.25, 0.3) is 0 Å². The summed E-state index contributed by atoms with van der Waals surface area (Å²) in [4.78, 5) is 11.3. The van der Waals surface area contributed by atoms with Crippen molar-refractivity contribution in [2.45, 2.75) is 13.8 Å². The quantitative estimate of drug-likeness (QED) is 0.926. The summed E-state index contributed by atoms with van der Waals surface area (Å²) in [7, 11) is 0. The highest BCUT2D eigenvalue weighted by Crippen LogP contribution is 2.24. The maximum atomic E-state index is 11.3. The zero-order valence-corrected chi connectivity index (χ0v) is 11.0. The second-order valence-corrected chi connectivity index (χ2v) is 4.63. The van der Waals surface area contributed by atoms with Crippen LogP contribution in [0.15, 0.2) is 28.7 Å². The maximum Gasteiger partial charge on any atom is 0.339 e. The van der Waals surface area contributed by atoms with Crippen LogP contribution in [0.3, 0.4) is 0 Å². The van der Waals surface area contributed by atoms with Crippen LogP contribution in [0, 0.1) is 13.8 Å². The fourth-order valence-corrected chi connectivity index (χ4v) is 2.30. The predicted molar refractivity (Wildman–Crippen MR) is 67.7 cm³/mol. The molecule has 2 rings (SSSR count). The number of aromatic carboxylic acids is 1. The van der Waals surface area contributed by atoms with Crippen LogP contribution in [0.25, 0.3) is 5.69 Å². The van der Waals surface area contributed by atoms with Gasteiger partial charge >= 0.3 is 5.97 Å². The molecule has 0 radical (unpaired) electrons. The molecule has 1 aromatic heterocycles. The Labute approximate surface area is 107 Å². The molecule has 0 aliphatic rings. The minimum Gasteiger partial charge on any atom is -0.478 e. The Morgan fingerprint density at radius 1 is 1.41 bits per heavy atom. The Morgan fingerprint density at radius 2 is 2.12 bits per heavy atom. The van der Waals surface area contributed by atoms with Crippen molar-refractivity contribution in [3.63, 3.8) is 0 Å². The van der Waals surface area contributed by atoms with E-state index in [9.17, 15) is 9.90 Å². The summed E-state index contributed by atoms with van der Waals surface area (Å²) in [5, 5.41) is 13.5. The van der Waals surface area contributed by atoms with Gasteiger partial charge in [-0.1, -0.05) is 6.07 Å². The molecule has 17 heavy (non-hydrogen) atoms. The standard InChI is InChI=1S/C12H11BrN2O2/c1-7-6-8(2)15(14-7)10-5-3-4-9(13)11(10)12(16)17/h3-6H,1-2H3,(H,16,17). The van der Waals surface area contributed by atoms with Gasteiger partial charge in [0.15, 0.2) is 0 Å². The molecule has 0 saturated carbocycles. The maximum absolute atomic E-state index is 11.3. The fraction of sp³-hybridized carbons (Fsp3) is 0.167. The van der Waals surface area contributed by atoms with Crippen molar-refractivity contribution in [3.8, 4) is 5.69 Å². The van der Waals surface area contributed by atoms with Gasteiger partial charge in [0.2, 0.25) is 0 Å². The number of carboxylic acid groups (broad SMARTS) is 1. The number of hydrogen-bond acceptors (Lipinski definition) is 2. The second-order valence-electron chi connectivity index (χ2n) is 3.78. The summed E-state index contributed by atoms with van der Waals surface area (Å²) >= 11 is 3.25. The van der Waals surface area contributed by atoms with E-state index in [-0.39, 0.29) is 5.56 Å². The van der Waals surface area contributed by atoms with Gasteiger partial charge in [0, 0.05) is 10.2 Å². The third-order valence-corrected chi connectivity index (χ3v) is 3.10. The number of aromatic nitrogens is 2. The van der Waals surface area contributed by atoms with E-state index in [1.54, 1.807) is 22.9 Å². The Balaban J connectivity index is 2.71. The largest absolute Gasteiger partial charge is 0.478 e. The molecule has 1 heterocycles. The van der Waals surface area contributed by atoms with Crippen molar-refractivity contribution < 1.29 is 9.90 Å². The summed E-state index contributed by atoms with van der Waals surface area (Å²) in [5.74, 6) is -0.972. The van der Waals surface area contributed by atoms with Crippen LogP contribution < -0.4 is 0 Å². The average molecular weight is 295 g/mol. The van der Waals surface area contributed by atoms with E-state index in [4.69, 9.17) is 0 Å². The zero-order chi connectivity index (χ0) is 12.6. The van der Waals surface area contributed by atoms with Crippen molar-refractivity contribution >= 4 is 21.9 Å². The highest BCUT2D eigenvalue weighted by molar-refractivity contribution is 9.10. The number of aryl methyl sites for hydroxylation is 2. The lowest BCUT2D eigenvalue weighted by Gasteiger charge is -2.09.